The third kappa shape index (κ3) is 1.21. The summed E-state index contributed by atoms with van der Waals surface area (Å²) < 4.78 is 6.10. The summed E-state index contributed by atoms with van der Waals surface area (Å²) in [6, 6.07) is 5.52. The second kappa shape index (κ2) is 2.85. The normalized spacial score (nSPS) is 10.5. The van der Waals surface area contributed by atoms with Crippen molar-refractivity contribution < 1.29 is 4.42 Å². The second-order valence-electron chi connectivity index (χ2n) is 2.96. The lowest BCUT2D eigenvalue weighted by Gasteiger charge is -2.03. The highest BCUT2D eigenvalue weighted by Crippen LogP contribution is 2.24. The molecule has 2 rings (SSSR count). The highest BCUT2D eigenvalue weighted by molar-refractivity contribution is 7.71. The van der Waals surface area contributed by atoms with Crippen LogP contribution in [0.4, 0.5) is 5.69 Å². The van der Waals surface area contributed by atoms with E-state index in [1.165, 1.54) is 0 Å². The molecule has 0 saturated heterocycles. The fourth-order valence-electron chi connectivity index (χ4n) is 1.36. The average molecular weight is 191 g/mol. The Hall–Kier alpha value is -1.35. The maximum Gasteiger partial charge on any atom is 0.140 e. The van der Waals surface area contributed by atoms with Crippen LogP contribution in [0.25, 0.3) is 11.0 Å². The minimum Gasteiger partial charge on any atom is -0.464 e. The smallest absolute Gasteiger partial charge is 0.140 e. The molecule has 0 atom stereocenters. The lowest BCUT2D eigenvalue weighted by molar-refractivity contribution is 0.601. The predicted molar refractivity (Wildman–Crippen MR) is 56.2 cm³/mol. The van der Waals surface area contributed by atoms with Crippen LogP contribution in [0.3, 0.4) is 0 Å². The minimum atomic E-state index is 0.676. The zero-order valence-electron chi connectivity index (χ0n) is 7.20. The summed E-state index contributed by atoms with van der Waals surface area (Å²) in [6.07, 6.45) is 1.59. The van der Waals surface area contributed by atoms with Gasteiger partial charge in [-0.3, -0.25) is 0 Å². The highest BCUT2D eigenvalue weighted by Gasteiger charge is 2.03. The van der Waals surface area contributed by atoms with Gasteiger partial charge in [0.05, 0.1) is 16.2 Å². The van der Waals surface area contributed by atoms with E-state index in [-0.39, 0.29) is 0 Å². The van der Waals surface area contributed by atoms with Crippen molar-refractivity contribution in [1.82, 2.24) is 0 Å². The minimum absolute atomic E-state index is 0.676. The van der Waals surface area contributed by atoms with Crippen LogP contribution in [-0.2, 0) is 0 Å². The van der Waals surface area contributed by atoms with E-state index in [2.05, 4.69) is 0 Å². The number of nitrogens with two attached hydrogens (primary N) is 1. The molecule has 0 aliphatic carbocycles. The van der Waals surface area contributed by atoms with Gasteiger partial charge < -0.3 is 10.2 Å². The van der Waals surface area contributed by atoms with Crippen LogP contribution in [0.15, 0.2) is 28.9 Å². The van der Waals surface area contributed by atoms with Crippen molar-refractivity contribution in [3.05, 3.63) is 34.5 Å². The fourth-order valence-corrected chi connectivity index (χ4v) is 1.62. The molecular formula is C10H9NOS. The molecule has 0 radical (unpaired) electrons. The predicted octanol–water partition coefficient (Wildman–Crippen LogP) is 3.05. The third-order valence-corrected chi connectivity index (χ3v) is 2.38. The van der Waals surface area contributed by atoms with Gasteiger partial charge in [-0.05, 0) is 24.6 Å². The van der Waals surface area contributed by atoms with Gasteiger partial charge in [-0.1, -0.05) is 18.3 Å². The van der Waals surface area contributed by atoms with Gasteiger partial charge in [-0.15, -0.1) is 0 Å². The van der Waals surface area contributed by atoms with E-state index in [1.807, 2.05) is 19.1 Å². The quantitative estimate of drug-likeness (QED) is 0.514. The number of hydrogen-bond acceptors (Lipinski definition) is 3. The maximum absolute atomic E-state index is 5.80. The van der Waals surface area contributed by atoms with Gasteiger partial charge in [0.25, 0.3) is 0 Å². The molecule has 0 aliphatic rings. The third-order valence-electron chi connectivity index (χ3n) is 2.04. The molecule has 0 unspecified atom stereocenters. The van der Waals surface area contributed by atoms with Crippen LogP contribution in [0.5, 0.6) is 0 Å². The van der Waals surface area contributed by atoms with Crippen LogP contribution in [0, 0.1) is 11.4 Å². The lowest BCUT2D eigenvalue weighted by atomic mass is 10.1. The average Bonchev–Trinajstić information content (AvgIpc) is 2.12. The summed E-state index contributed by atoms with van der Waals surface area (Å²) in [4.78, 5) is 0. The zero-order chi connectivity index (χ0) is 9.42. The van der Waals surface area contributed by atoms with Crippen LogP contribution >= 0.6 is 12.2 Å². The van der Waals surface area contributed by atoms with E-state index < -0.39 is 0 Å². The Kier molecular flexibility index (Phi) is 1.81. The van der Waals surface area contributed by atoms with Gasteiger partial charge in [0.15, 0.2) is 0 Å². The fraction of sp³-hybridized carbons (Fsp3) is 0.100. The molecule has 2 aromatic rings. The molecule has 2 nitrogen and oxygen atoms in total. The summed E-state index contributed by atoms with van der Waals surface area (Å²) in [7, 11) is 0. The van der Waals surface area contributed by atoms with Crippen molar-refractivity contribution in [2.45, 2.75) is 6.92 Å². The van der Waals surface area contributed by atoms with Crippen molar-refractivity contribution in [3.8, 4) is 0 Å². The molecule has 66 valence electrons. The first-order valence-electron chi connectivity index (χ1n) is 3.97. The van der Waals surface area contributed by atoms with Crippen LogP contribution in [-0.4, -0.2) is 0 Å². The van der Waals surface area contributed by atoms with E-state index in [0.717, 1.165) is 21.0 Å². The molecule has 13 heavy (non-hydrogen) atoms. The van der Waals surface area contributed by atoms with E-state index in [1.54, 1.807) is 12.3 Å². The molecule has 1 aromatic carbocycles. The monoisotopic (exact) mass is 191 g/mol. The number of aryl methyl sites for hydroxylation is 1. The number of benzene rings is 1. The largest absolute Gasteiger partial charge is 0.464 e. The van der Waals surface area contributed by atoms with Crippen molar-refractivity contribution in [2.24, 2.45) is 0 Å². The Labute approximate surface area is 81.0 Å². The van der Waals surface area contributed by atoms with E-state index in [4.69, 9.17) is 22.4 Å². The second-order valence-corrected chi connectivity index (χ2v) is 3.40. The summed E-state index contributed by atoms with van der Waals surface area (Å²) in [5.41, 5.74) is 8.31. The topological polar surface area (TPSA) is 39.2 Å². The summed E-state index contributed by atoms with van der Waals surface area (Å²) >= 11 is 5.16. The van der Waals surface area contributed by atoms with Crippen molar-refractivity contribution in [2.75, 3.05) is 5.73 Å². The molecule has 0 spiro atoms. The molecule has 0 saturated carbocycles. The number of fused-ring (bicyclic) bond motifs is 1. The Morgan fingerprint density at radius 2 is 2.08 bits per heavy atom. The molecular weight excluding hydrogens is 182 g/mol. The van der Waals surface area contributed by atoms with Crippen molar-refractivity contribution in [3.63, 3.8) is 0 Å². The Bertz CT molecular complexity index is 516. The summed E-state index contributed by atoms with van der Waals surface area (Å²) in [5.74, 6) is 0. The van der Waals surface area contributed by atoms with Crippen molar-refractivity contribution >= 4 is 28.9 Å². The first-order valence-corrected chi connectivity index (χ1v) is 4.37. The summed E-state index contributed by atoms with van der Waals surface area (Å²) in [6.45, 7) is 1.97. The molecule has 1 heterocycles. The number of rotatable bonds is 0. The van der Waals surface area contributed by atoms with Gasteiger partial charge >= 0.3 is 0 Å². The maximum atomic E-state index is 5.80. The van der Waals surface area contributed by atoms with Crippen molar-refractivity contribution in [1.29, 1.82) is 0 Å². The van der Waals surface area contributed by atoms with Crippen LogP contribution in [0.2, 0.25) is 0 Å². The van der Waals surface area contributed by atoms with Gasteiger partial charge in [0.1, 0.15) is 5.58 Å². The van der Waals surface area contributed by atoms with E-state index >= 15 is 0 Å². The number of anilines is 1. The molecule has 2 N–H and O–H groups in total. The first-order chi connectivity index (χ1) is 6.20. The molecule has 0 fully saturated rings. The molecule has 1 aromatic heterocycles. The number of nitrogen functional groups attached to an aromatic ring is 1. The Morgan fingerprint density at radius 3 is 2.77 bits per heavy atom. The van der Waals surface area contributed by atoms with Gasteiger partial charge in [-0.2, -0.15) is 0 Å². The molecule has 0 aliphatic heterocycles. The van der Waals surface area contributed by atoms with Crippen LogP contribution < -0.4 is 5.73 Å². The zero-order valence-corrected chi connectivity index (χ0v) is 8.02. The summed E-state index contributed by atoms with van der Waals surface area (Å²) in [5, 5.41) is 0.845. The lowest BCUT2D eigenvalue weighted by Crippen LogP contribution is -1.88. The molecule has 0 bridgehead atoms. The standard InChI is InChI=1S/C10H9NOS/c1-6-2-3-7(11)9-8(13)4-5-12-10(6)9/h2-5H,11H2,1H3. The van der Waals surface area contributed by atoms with Crippen LogP contribution in [0.1, 0.15) is 5.56 Å². The SMILES string of the molecule is Cc1ccc(N)c2c(=S)ccoc12. The van der Waals surface area contributed by atoms with Gasteiger partial charge in [-0.25, -0.2) is 0 Å². The van der Waals surface area contributed by atoms with Gasteiger partial charge in [0, 0.05) is 5.69 Å². The Balaban J connectivity index is 3.09. The first kappa shape index (κ1) is 8.26. The number of hydrogen-bond donors (Lipinski definition) is 1. The van der Waals surface area contributed by atoms with Gasteiger partial charge in [0.2, 0.25) is 0 Å². The van der Waals surface area contributed by atoms with E-state index in [9.17, 15) is 0 Å². The molecule has 0 amide bonds. The highest BCUT2D eigenvalue weighted by atomic mass is 32.1. The Morgan fingerprint density at radius 1 is 1.31 bits per heavy atom. The molecule has 3 heteroatoms. The van der Waals surface area contributed by atoms with E-state index in [0.29, 0.717) is 5.69 Å².